The van der Waals surface area contributed by atoms with E-state index in [4.69, 9.17) is 17.3 Å². The van der Waals surface area contributed by atoms with Crippen molar-refractivity contribution in [1.29, 1.82) is 0 Å². The van der Waals surface area contributed by atoms with Crippen molar-refractivity contribution in [3.05, 3.63) is 58.4 Å². The Morgan fingerprint density at radius 1 is 1.17 bits per heavy atom. The molecule has 6 nitrogen and oxygen atoms in total. The molecule has 0 radical (unpaired) electrons. The zero-order valence-corrected chi connectivity index (χ0v) is 20.5. The second kappa shape index (κ2) is 9.38. The Kier molecular flexibility index (Phi) is 6.95. The number of benzene rings is 2. The van der Waals surface area contributed by atoms with Crippen LogP contribution in [0.2, 0.25) is 5.02 Å². The molecule has 2 aliphatic rings. The number of nitrogens with one attached hydrogen (secondary N) is 1. The van der Waals surface area contributed by atoms with Gasteiger partial charge in [-0.3, -0.25) is 4.79 Å². The van der Waals surface area contributed by atoms with Crippen molar-refractivity contribution in [2.24, 2.45) is 23.5 Å². The molecule has 35 heavy (non-hydrogen) atoms. The van der Waals surface area contributed by atoms with E-state index in [2.05, 4.69) is 5.32 Å². The summed E-state index contributed by atoms with van der Waals surface area (Å²) in [5.74, 6) is -6.07. The number of hydrogen-bond donors (Lipinski definition) is 3. The van der Waals surface area contributed by atoms with Crippen LogP contribution in [0.25, 0.3) is 0 Å². The fourth-order valence-corrected chi connectivity index (χ4v) is 8.06. The first-order valence-electron chi connectivity index (χ1n) is 11.3. The van der Waals surface area contributed by atoms with E-state index >= 15 is 0 Å². The number of hydrogen-bond acceptors (Lipinski definition) is 5. The van der Waals surface area contributed by atoms with E-state index in [1.54, 1.807) is 0 Å². The molecule has 4 rings (SSSR count). The second-order valence-corrected chi connectivity index (χ2v) is 12.1. The average Bonchev–Trinajstić information content (AvgIpc) is 2.98. The standard InChI is InChI=1S/C24H26ClF3N2O4S/c1-12(11-29)24(32)14-3-4-15(24)8-17(7-14)35(33,34)21-6-13(2-5-18(21)25)23(31)30-16-9-19(26)22(28)20(27)10-16/h2,5-6,9-10,12,14-15,17,32H,3-4,7-8,11,29H2,1H3,(H,30,31)/t12?,14-,15+,17?,24?. The summed E-state index contributed by atoms with van der Waals surface area (Å²) >= 11 is 6.22. The molecule has 0 heterocycles. The maximum atomic E-state index is 13.6. The monoisotopic (exact) mass is 530 g/mol. The Labute approximate surface area is 206 Å². The second-order valence-electron chi connectivity index (χ2n) is 9.49. The van der Waals surface area contributed by atoms with Crippen molar-refractivity contribution in [2.75, 3.05) is 11.9 Å². The van der Waals surface area contributed by atoms with Gasteiger partial charge >= 0.3 is 0 Å². The number of aliphatic hydroxyl groups is 1. The lowest BCUT2D eigenvalue weighted by molar-refractivity contribution is -0.0968. The molecule has 0 aromatic heterocycles. The van der Waals surface area contributed by atoms with Crippen LogP contribution in [0.1, 0.15) is 43.0 Å². The third-order valence-electron chi connectivity index (χ3n) is 7.59. The van der Waals surface area contributed by atoms with Gasteiger partial charge in [0.2, 0.25) is 0 Å². The number of amides is 1. The molecule has 2 aromatic rings. The van der Waals surface area contributed by atoms with Crippen LogP contribution in [0.5, 0.6) is 0 Å². The summed E-state index contributed by atoms with van der Waals surface area (Å²) in [7, 11) is -3.97. The van der Waals surface area contributed by atoms with Crippen LogP contribution >= 0.6 is 11.6 Å². The smallest absolute Gasteiger partial charge is 0.255 e. The van der Waals surface area contributed by atoms with E-state index in [0.29, 0.717) is 31.5 Å². The normalized spacial score (nSPS) is 27.0. The number of carbonyl (C=O) groups is 1. The molecule has 2 saturated carbocycles. The fourth-order valence-electron chi connectivity index (χ4n) is 5.66. The third-order valence-corrected chi connectivity index (χ3v) is 10.2. The first-order chi connectivity index (χ1) is 16.4. The van der Waals surface area contributed by atoms with Gasteiger partial charge in [0.15, 0.2) is 27.3 Å². The number of sulfone groups is 1. The van der Waals surface area contributed by atoms with E-state index in [1.807, 2.05) is 6.92 Å². The number of anilines is 1. The van der Waals surface area contributed by atoms with E-state index in [1.165, 1.54) is 12.1 Å². The highest BCUT2D eigenvalue weighted by molar-refractivity contribution is 7.92. The van der Waals surface area contributed by atoms with Crippen LogP contribution in [0, 0.1) is 35.2 Å². The minimum absolute atomic E-state index is 0.0658. The number of nitrogens with two attached hydrogens (primary N) is 1. The van der Waals surface area contributed by atoms with E-state index in [9.17, 15) is 31.5 Å². The molecule has 0 aliphatic heterocycles. The summed E-state index contributed by atoms with van der Waals surface area (Å²) in [6.07, 6.45) is 1.91. The van der Waals surface area contributed by atoms with Crippen LogP contribution in [-0.4, -0.2) is 36.8 Å². The maximum absolute atomic E-state index is 13.6. The number of halogens is 4. The summed E-state index contributed by atoms with van der Waals surface area (Å²) in [4.78, 5) is 12.4. The van der Waals surface area contributed by atoms with Gasteiger partial charge in [0, 0.05) is 23.4 Å². The molecule has 2 fully saturated rings. The SMILES string of the molecule is CC(CN)C1(O)[C@@H]2CC[C@H]1CC(S(=O)(=O)c1cc(C(=O)Nc3cc(F)c(F)c(F)c3)ccc1Cl)C2. The van der Waals surface area contributed by atoms with Gasteiger partial charge in [0.05, 0.1) is 20.8 Å². The molecule has 3 unspecified atom stereocenters. The molecule has 5 atom stereocenters. The lowest BCUT2D eigenvalue weighted by Crippen LogP contribution is -2.53. The third kappa shape index (κ3) is 4.45. The zero-order valence-electron chi connectivity index (χ0n) is 18.9. The van der Waals surface area contributed by atoms with Gasteiger partial charge in [0.1, 0.15) is 0 Å². The first-order valence-corrected chi connectivity index (χ1v) is 13.2. The van der Waals surface area contributed by atoms with E-state index in [0.717, 1.165) is 6.07 Å². The summed E-state index contributed by atoms with van der Waals surface area (Å²) in [5, 5.41) is 12.7. The topological polar surface area (TPSA) is 109 Å². The van der Waals surface area contributed by atoms with Crippen LogP contribution < -0.4 is 11.1 Å². The Morgan fingerprint density at radius 3 is 2.29 bits per heavy atom. The van der Waals surface area contributed by atoms with Gasteiger partial charge in [-0.05, 0) is 68.2 Å². The van der Waals surface area contributed by atoms with Gasteiger partial charge in [0.25, 0.3) is 5.91 Å². The largest absolute Gasteiger partial charge is 0.389 e. The minimum atomic E-state index is -3.97. The lowest BCUT2D eigenvalue weighted by atomic mass is 9.68. The predicted octanol–water partition coefficient (Wildman–Crippen LogP) is 4.30. The summed E-state index contributed by atoms with van der Waals surface area (Å²) in [5.41, 5.74) is 4.36. The molecule has 0 saturated heterocycles. The Hall–Kier alpha value is -2.14. The number of rotatable bonds is 6. The van der Waals surface area contributed by atoms with Crippen LogP contribution in [0.4, 0.5) is 18.9 Å². The highest BCUT2D eigenvalue weighted by Crippen LogP contribution is 2.54. The molecule has 0 spiro atoms. The lowest BCUT2D eigenvalue weighted by Gasteiger charge is -2.46. The minimum Gasteiger partial charge on any atom is -0.389 e. The Bertz CT molecular complexity index is 1240. The van der Waals surface area contributed by atoms with E-state index < -0.39 is 44.0 Å². The molecule has 2 bridgehead atoms. The molecular weight excluding hydrogens is 505 g/mol. The molecule has 1 amide bonds. The van der Waals surface area contributed by atoms with Gasteiger partial charge in [-0.15, -0.1) is 0 Å². The van der Waals surface area contributed by atoms with Crippen molar-refractivity contribution in [3.63, 3.8) is 0 Å². The fraction of sp³-hybridized carbons (Fsp3) is 0.458. The summed E-state index contributed by atoms with van der Waals surface area (Å²) in [6.45, 7) is 2.17. The highest BCUT2D eigenvalue weighted by Gasteiger charge is 2.57. The van der Waals surface area contributed by atoms with Crippen molar-refractivity contribution in [1.82, 2.24) is 0 Å². The van der Waals surface area contributed by atoms with Crippen molar-refractivity contribution >= 4 is 33.0 Å². The van der Waals surface area contributed by atoms with Crippen molar-refractivity contribution < 1.29 is 31.5 Å². The molecule has 11 heteroatoms. The first kappa shape index (κ1) is 25.9. The maximum Gasteiger partial charge on any atom is 0.255 e. The Balaban J connectivity index is 1.60. The average molecular weight is 531 g/mol. The number of carbonyl (C=O) groups excluding carboxylic acids is 1. The quantitative estimate of drug-likeness (QED) is 0.482. The summed E-state index contributed by atoms with van der Waals surface area (Å²) < 4.78 is 67.3. The van der Waals surface area contributed by atoms with Crippen molar-refractivity contribution in [2.45, 2.75) is 48.4 Å². The van der Waals surface area contributed by atoms with Crippen LogP contribution in [0.3, 0.4) is 0 Å². The van der Waals surface area contributed by atoms with Gasteiger partial charge in [-0.25, -0.2) is 21.6 Å². The molecule has 2 aromatic carbocycles. The summed E-state index contributed by atoms with van der Waals surface area (Å²) in [6, 6.07) is 4.89. The molecule has 4 N–H and O–H groups in total. The molecule has 2 aliphatic carbocycles. The van der Waals surface area contributed by atoms with Gasteiger partial charge in [-0.1, -0.05) is 18.5 Å². The molecule has 190 valence electrons. The highest BCUT2D eigenvalue weighted by atomic mass is 35.5. The van der Waals surface area contributed by atoms with Crippen LogP contribution in [0.15, 0.2) is 35.2 Å². The van der Waals surface area contributed by atoms with Gasteiger partial charge in [-0.2, -0.15) is 0 Å². The predicted molar refractivity (Wildman–Crippen MR) is 125 cm³/mol. The zero-order chi connectivity index (χ0) is 25.7. The van der Waals surface area contributed by atoms with Crippen molar-refractivity contribution in [3.8, 4) is 0 Å². The Morgan fingerprint density at radius 2 is 1.74 bits per heavy atom. The van der Waals surface area contributed by atoms with Gasteiger partial charge < -0.3 is 16.2 Å². The number of fused-ring (bicyclic) bond motifs is 2. The van der Waals surface area contributed by atoms with Crippen LogP contribution in [-0.2, 0) is 9.84 Å². The molecular formula is C24H26ClF3N2O4S. The van der Waals surface area contributed by atoms with E-state index in [-0.39, 0.29) is 51.8 Å².